The number of carboxylic acids is 2. The van der Waals surface area contributed by atoms with Gasteiger partial charge in [-0.25, -0.2) is 9.59 Å². The van der Waals surface area contributed by atoms with Gasteiger partial charge in [0, 0.05) is 0 Å². The van der Waals surface area contributed by atoms with Crippen LogP contribution in [0.1, 0.15) is 17.3 Å². The summed E-state index contributed by atoms with van der Waals surface area (Å²) in [5, 5.41) is 24.6. The highest BCUT2D eigenvalue weighted by Crippen LogP contribution is 2.19. The van der Waals surface area contributed by atoms with E-state index in [2.05, 4.69) is 0 Å². The fourth-order valence-corrected chi connectivity index (χ4v) is 1.46. The summed E-state index contributed by atoms with van der Waals surface area (Å²) in [6, 6.07) is 16.7. The molecule has 0 amide bonds. The van der Waals surface area contributed by atoms with Gasteiger partial charge in [0.2, 0.25) is 0 Å². The molecule has 0 heterocycles. The first-order chi connectivity index (χ1) is 9.91. The normalized spacial score (nSPS) is 11.0. The lowest BCUT2D eigenvalue weighted by atomic mass is 10.0. The molecule has 2 rings (SSSR count). The Kier molecular flexibility index (Phi) is 6.10. The summed E-state index contributed by atoms with van der Waals surface area (Å²) < 4.78 is 0. The molecule has 0 aliphatic heterocycles. The fourth-order valence-electron chi connectivity index (χ4n) is 1.46. The van der Waals surface area contributed by atoms with Crippen molar-refractivity contribution < 1.29 is 24.9 Å². The number of hydrogen-bond acceptors (Lipinski definition) is 3. The number of benzene rings is 2. The van der Waals surface area contributed by atoms with Crippen LogP contribution in [0.25, 0.3) is 11.1 Å². The first-order valence-corrected chi connectivity index (χ1v) is 6.21. The summed E-state index contributed by atoms with van der Waals surface area (Å²) in [4.78, 5) is 20.2. The molecule has 0 spiro atoms. The van der Waals surface area contributed by atoms with Gasteiger partial charge in [-0.3, -0.25) is 0 Å². The minimum Gasteiger partial charge on any atom is -0.479 e. The Morgan fingerprint density at radius 2 is 1.43 bits per heavy atom. The van der Waals surface area contributed by atoms with Crippen LogP contribution in [0.5, 0.6) is 0 Å². The molecule has 110 valence electrons. The van der Waals surface area contributed by atoms with Gasteiger partial charge >= 0.3 is 11.9 Å². The Morgan fingerprint density at radius 3 is 1.90 bits per heavy atom. The maximum atomic E-state index is 10.8. The predicted molar refractivity (Wildman–Crippen MR) is 78.2 cm³/mol. The Morgan fingerprint density at radius 1 is 0.905 bits per heavy atom. The monoisotopic (exact) mass is 288 g/mol. The zero-order valence-corrected chi connectivity index (χ0v) is 11.4. The lowest BCUT2D eigenvalue weighted by Gasteiger charge is -2.02. The van der Waals surface area contributed by atoms with Crippen molar-refractivity contribution in [2.75, 3.05) is 0 Å². The van der Waals surface area contributed by atoms with Gasteiger partial charge in [-0.15, -0.1) is 0 Å². The second-order valence-electron chi connectivity index (χ2n) is 4.27. The van der Waals surface area contributed by atoms with Crippen LogP contribution < -0.4 is 0 Å². The molecular weight excluding hydrogens is 272 g/mol. The van der Waals surface area contributed by atoms with Crippen LogP contribution in [-0.2, 0) is 4.79 Å². The molecule has 21 heavy (non-hydrogen) atoms. The van der Waals surface area contributed by atoms with Crippen LogP contribution in [0.4, 0.5) is 0 Å². The number of hydrogen-bond donors (Lipinski definition) is 3. The summed E-state index contributed by atoms with van der Waals surface area (Å²) in [7, 11) is 0. The molecule has 2 aromatic carbocycles. The molecule has 1 atom stereocenters. The highest BCUT2D eigenvalue weighted by Gasteiger charge is 2.03. The predicted octanol–water partition coefficient (Wildman–Crippen LogP) is 2.50. The first-order valence-electron chi connectivity index (χ1n) is 6.21. The van der Waals surface area contributed by atoms with Gasteiger partial charge in [0.15, 0.2) is 0 Å². The SMILES string of the molecule is CC(O)C(=O)O.O=C(O)c1cccc(-c2ccccc2)c1. The molecule has 0 aliphatic carbocycles. The van der Waals surface area contributed by atoms with E-state index in [1.54, 1.807) is 18.2 Å². The van der Waals surface area contributed by atoms with Gasteiger partial charge in [-0.1, -0.05) is 42.5 Å². The summed E-state index contributed by atoms with van der Waals surface area (Å²) in [6.45, 7) is 1.20. The van der Waals surface area contributed by atoms with Crippen LogP contribution >= 0.6 is 0 Å². The highest BCUT2D eigenvalue weighted by molar-refractivity contribution is 5.89. The third kappa shape index (κ3) is 5.46. The molecule has 5 heteroatoms. The second-order valence-corrected chi connectivity index (χ2v) is 4.27. The highest BCUT2D eigenvalue weighted by atomic mass is 16.4. The molecule has 1 unspecified atom stereocenters. The standard InChI is InChI=1S/C13H10O2.C3H6O3/c14-13(15)12-8-4-7-11(9-12)10-5-2-1-3-6-10;1-2(4)3(5)6/h1-9H,(H,14,15);2,4H,1H3,(H,5,6). The molecule has 0 aliphatic rings. The number of aliphatic carboxylic acids is 1. The number of rotatable bonds is 3. The quantitative estimate of drug-likeness (QED) is 0.806. The zero-order valence-electron chi connectivity index (χ0n) is 11.4. The smallest absolute Gasteiger partial charge is 0.335 e. The van der Waals surface area contributed by atoms with Gasteiger partial charge in [0.1, 0.15) is 6.10 Å². The maximum absolute atomic E-state index is 10.8. The molecule has 0 aromatic heterocycles. The first kappa shape index (κ1) is 16.4. The van der Waals surface area contributed by atoms with E-state index in [1.165, 1.54) is 6.92 Å². The van der Waals surface area contributed by atoms with E-state index in [0.29, 0.717) is 5.56 Å². The van der Waals surface area contributed by atoms with Crippen molar-refractivity contribution in [2.24, 2.45) is 0 Å². The summed E-state index contributed by atoms with van der Waals surface area (Å²) >= 11 is 0. The van der Waals surface area contributed by atoms with Gasteiger partial charge in [0.05, 0.1) is 5.56 Å². The van der Waals surface area contributed by atoms with Crippen molar-refractivity contribution in [3.8, 4) is 11.1 Å². The number of aromatic carboxylic acids is 1. The zero-order chi connectivity index (χ0) is 15.8. The molecule has 5 nitrogen and oxygen atoms in total. The number of aliphatic hydroxyl groups is 1. The minimum atomic E-state index is -1.23. The van der Waals surface area contributed by atoms with E-state index in [-0.39, 0.29) is 0 Å². The Labute approximate surface area is 122 Å². The summed E-state index contributed by atoms with van der Waals surface area (Å²) in [6.07, 6.45) is -1.23. The van der Waals surface area contributed by atoms with Gasteiger partial charge in [0.25, 0.3) is 0 Å². The maximum Gasteiger partial charge on any atom is 0.335 e. The van der Waals surface area contributed by atoms with Crippen LogP contribution in [0.3, 0.4) is 0 Å². The van der Waals surface area contributed by atoms with Crippen molar-refractivity contribution in [3.63, 3.8) is 0 Å². The van der Waals surface area contributed by atoms with Crippen LogP contribution in [-0.4, -0.2) is 33.4 Å². The van der Waals surface area contributed by atoms with E-state index in [0.717, 1.165) is 11.1 Å². The van der Waals surface area contributed by atoms with Crippen molar-refractivity contribution in [2.45, 2.75) is 13.0 Å². The summed E-state index contributed by atoms with van der Waals surface area (Å²) in [5.74, 6) is -2.08. The Balaban J connectivity index is 0.000000315. The lowest BCUT2D eigenvalue weighted by Crippen LogP contribution is -2.13. The van der Waals surface area contributed by atoms with E-state index in [4.69, 9.17) is 15.3 Å². The Hall–Kier alpha value is -2.66. The summed E-state index contributed by atoms with van der Waals surface area (Å²) in [5.41, 5.74) is 2.27. The van der Waals surface area contributed by atoms with Crippen molar-refractivity contribution in [3.05, 3.63) is 60.2 Å². The lowest BCUT2D eigenvalue weighted by molar-refractivity contribution is -0.145. The molecule has 0 saturated carbocycles. The molecule has 0 bridgehead atoms. The molecule has 0 radical (unpaired) electrons. The van der Waals surface area contributed by atoms with Crippen LogP contribution in [0, 0.1) is 0 Å². The van der Waals surface area contributed by atoms with Gasteiger partial charge in [-0.05, 0) is 30.2 Å². The van der Waals surface area contributed by atoms with E-state index >= 15 is 0 Å². The minimum absolute atomic E-state index is 0.316. The largest absolute Gasteiger partial charge is 0.479 e. The average Bonchev–Trinajstić information content (AvgIpc) is 2.49. The third-order valence-electron chi connectivity index (χ3n) is 2.57. The molecule has 0 saturated heterocycles. The molecular formula is C16H16O5. The van der Waals surface area contributed by atoms with Gasteiger partial charge < -0.3 is 15.3 Å². The fraction of sp³-hybridized carbons (Fsp3) is 0.125. The van der Waals surface area contributed by atoms with Crippen LogP contribution in [0.15, 0.2) is 54.6 Å². The molecule has 2 aromatic rings. The number of carbonyl (C=O) groups is 2. The average molecular weight is 288 g/mol. The van der Waals surface area contributed by atoms with E-state index in [1.807, 2.05) is 36.4 Å². The molecule has 3 N–H and O–H groups in total. The second kappa shape index (κ2) is 7.81. The third-order valence-corrected chi connectivity index (χ3v) is 2.57. The van der Waals surface area contributed by atoms with Crippen molar-refractivity contribution in [1.29, 1.82) is 0 Å². The van der Waals surface area contributed by atoms with E-state index < -0.39 is 18.0 Å². The van der Waals surface area contributed by atoms with E-state index in [9.17, 15) is 9.59 Å². The van der Waals surface area contributed by atoms with Crippen molar-refractivity contribution in [1.82, 2.24) is 0 Å². The molecule has 0 fully saturated rings. The van der Waals surface area contributed by atoms with Crippen LogP contribution in [0.2, 0.25) is 0 Å². The number of aliphatic hydroxyl groups excluding tert-OH is 1. The number of carboxylic acid groups (broad SMARTS) is 2. The Bertz CT molecular complexity index is 605. The van der Waals surface area contributed by atoms with Crippen molar-refractivity contribution >= 4 is 11.9 Å². The topological polar surface area (TPSA) is 94.8 Å². The van der Waals surface area contributed by atoms with Gasteiger partial charge in [-0.2, -0.15) is 0 Å².